The van der Waals surface area contributed by atoms with E-state index in [9.17, 15) is 4.79 Å². The van der Waals surface area contributed by atoms with E-state index in [4.69, 9.17) is 18.9 Å². The lowest BCUT2D eigenvalue weighted by molar-refractivity contribution is -0.161. The SMILES string of the molecule is CC1(C)OC[C@H](C2C=C(OCc3ccccc3)C(=O)O2)O1. The van der Waals surface area contributed by atoms with Crippen molar-refractivity contribution in [1.29, 1.82) is 0 Å². The molecule has 0 aromatic heterocycles. The van der Waals surface area contributed by atoms with Crippen LogP contribution in [0.5, 0.6) is 0 Å². The molecule has 0 radical (unpaired) electrons. The van der Waals surface area contributed by atoms with Crippen molar-refractivity contribution in [2.45, 2.75) is 38.4 Å². The van der Waals surface area contributed by atoms with Crippen LogP contribution in [0.25, 0.3) is 0 Å². The molecule has 0 bridgehead atoms. The van der Waals surface area contributed by atoms with E-state index in [2.05, 4.69) is 0 Å². The minimum atomic E-state index is -0.640. The third kappa shape index (κ3) is 3.25. The first kappa shape index (κ1) is 14.1. The smallest absolute Gasteiger partial charge is 0.374 e. The number of carbonyl (C=O) groups excluding carboxylic acids is 1. The summed E-state index contributed by atoms with van der Waals surface area (Å²) in [7, 11) is 0. The Balaban J connectivity index is 1.61. The van der Waals surface area contributed by atoms with Gasteiger partial charge in [-0.1, -0.05) is 30.3 Å². The molecule has 0 saturated carbocycles. The Morgan fingerprint density at radius 2 is 2.05 bits per heavy atom. The summed E-state index contributed by atoms with van der Waals surface area (Å²) < 4.78 is 22.0. The summed E-state index contributed by atoms with van der Waals surface area (Å²) in [6.07, 6.45) is 0.924. The number of cyclic esters (lactones) is 1. The topological polar surface area (TPSA) is 54.0 Å². The fourth-order valence-corrected chi connectivity index (χ4v) is 2.34. The third-order valence-corrected chi connectivity index (χ3v) is 3.39. The Morgan fingerprint density at radius 1 is 1.29 bits per heavy atom. The molecular formula is C16H18O5. The van der Waals surface area contributed by atoms with Gasteiger partial charge in [0, 0.05) is 6.08 Å². The Morgan fingerprint density at radius 3 is 2.71 bits per heavy atom. The highest BCUT2D eigenvalue weighted by molar-refractivity contribution is 5.88. The molecule has 112 valence electrons. The fourth-order valence-electron chi connectivity index (χ4n) is 2.34. The lowest BCUT2D eigenvalue weighted by atomic mass is 10.2. The second-order valence-corrected chi connectivity index (χ2v) is 5.54. The summed E-state index contributed by atoms with van der Waals surface area (Å²) in [4.78, 5) is 11.8. The number of ether oxygens (including phenoxy) is 4. The molecular weight excluding hydrogens is 272 g/mol. The molecule has 2 atom stereocenters. The molecule has 2 aliphatic rings. The van der Waals surface area contributed by atoms with Crippen LogP contribution in [0.1, 0.15) is 19.4 Å². The van der Waals surface area contributed by atoms with Gasteiger partial charge in [-0.25, -0.2) is 4.79 Å². The number of benzene rings is 1. The van der Waals surface area contributed by atoms with Gasteiger partial charge in [0.05, 0.1) is 6.61 Å². The predicted molar refractivity (Wildman–Crippen MR) is 74.1 cm³/mol. The van der Waals surface area contributed by atoms with Crippen molar-refractivity contribution in [1.82, 2.24) is 0 Å². The molecule has 0 amide bonds. The zero-order chi connectivity index (χ0) is 14.9. The van der Waals surface area contributed by atoms with Crippen LogP contribution >= 0.6 is 0 Å². The summed E-state index contributed by atoms with van der Waals surface area (Å²) >= 11 is 0. The summed E-state index contributed by atoms with van der Waals surface area (Å²) in [5.41, 5.74) is 0.997. The minimum absolute atomic E-state index is 0.233. The molecule has 2 heterocycles. The van der Waals surface area contributed by atoms with Gasteiger partial charge in [-0.3, -0.25) is 0 Å². The van der Waals surface area contributed by atoms with Crippen molar-refractivity contribution in [2.75, 3.05) is 6.61 Å². The highest BCUT2D eigenvalue weighted by atomic mass is 16.8. The van der Waals surface area contributed by atoms with E-state index < -0.39 is 17.9 Å². The first-order valence-electron chi connectivity index (χ1n) is 6.95. The first-order chi connectivity index (χ1) is 10.0. The predicted octanol–water partition coefficient (Wildman–Crippen LogP) is 2.16. The van der Waals surface area contributed by atoms with E-state index in [1.165, 1.54) is 0 Å². The Labute approximate surface area is 123 Å². The summed E-state index contributed by atoms with van der Waals surface area (Å²) in [6, 6.07) is 9.66. The van der Waals surface area contributed by atoms with Gasteiger partial charge < -0.3 is 18.9 Å². The van der Waals surface area contributed by atoms with E-state index in [0.29, 0.717) is 13.2 Å². The molecule has 5 heteroatoms. The van der Waals surface area contributed by atoms with Gasteiger partial charge in [-0.15, -0.1) is 0 Å². The lowest BCUT2D eigenvalue weighted by Crippen LogP contribution is -2.30. The van der Waals surface area contributed by atoms with Gasteiger partial charge in [0.15, 0.2) is 11.9 Å². The normalized spacial score (nSPS) is 27.3. The summed E-state index contributed by atoms with van der Waals surface area (Å²) in [6.45, 7) is 4.40. The maximum Gasteiger partial charge on any atom is 0.374 e. The van der Waals surface area contributed by atoms with Crippen LogP contribution in [-0.4, -0.2) is 30.6 Å². The van der Waals surface area contributed by atoms with Crippen LogP contribution in [0.3, 0.4) is 0 Å². The number of carbonyl (C=O) groups is 1. The van der Waals surface area contributed by atoms with Gasteiger partial charge in [0.25, 0.3) is 0 Å². The minimum Gasteiger partial charge on any atom is -0.482 e. The second-order valence-electron chi connectivity index (χ2n) is 5.54. The largest absolute Gasteiger partial charge is 0.482 e. The standard InChI is InChI=1S/C16H18O5/c1-16(2)19-10-14(21-16)12-8-13(15(17)20-12)18-9-11-6-4-3-5-7-11/h3-8,12,14H,9-10H2,1-2H3/t12?,14-/m1/s1. The quantitative estimate of drug-likeness (QED) is 0.795. The molecule has 3 rings (SSSR count). The highest BCUT2D eigenvalue weighted by Crippen LogP contribution is 2.29. The highest BCUT2D eigenvalue weighted by Gasteiger charge is 2.41. The molecule has 0 aliphatic carbocycles. The number of esters is 1. The van der Waals surface area contributed by atoms with Crippen LogP contribution in [0.2, 0.25) is 0 Å². The zero-order valence-corrected chi connectivity index (χ0v) is 12.1. The third-order valence-electron chi connectivity index (χ3n) is 3.39. The van der Waals surface area contributed by atoms with Crippen molar-refractivity contribution < 1.29 is 23.7 Å². The molecule has 2 aliphatic heterocycles. The number of hydrogen-bond donors (Lipinski definition) is 0. The van der Waals surface area contributed by atoms with Crippen LogP contribution in [0.15, 0.2) is 42.2 Å². The molecule has 1 saturated heterocycles. The van der Waals surface area contributed by atoms with E-state index in [-0.39, 0.29) is 11.9 Å². The van der Waals surface area contributed by atoms with Crippen LogP contribution in [-0.2, 0) is 30.3 Å². The van der Waals surface area contributed by atoms with Gasteiger partial charge >= 0.3 is 5.97 Å². The van der Waals surface area contributed by atoms with E-state index in [1.54, 1.807) is 6.08 Å². The van der Waals surface area contributed by atoms with Crippen molar-refractivity contribution in [2.24, 2.45) is 0 Å². The van der Waals surface area contributed by atoms with Crippen molar-refractivity contribution in [3.8, 4) is 0 Å². The summed E-state index contributed by atoms with van der Waals surface area (Å²) in [5, 5.41) is 0. The fraction of sp³-hybridized carbons (Fsp3) is 0.438. The first-order valence-corrected chi connectivity index (χ1v) is 6.95. The van der Waals surface area contributed by atoms with E-state index in [1.807, 2.05) is 44.2 Å². The number of hydrogen-bond acceptors (Lipinski definition) is 5. The van der Waals surface area contributed by atoms with Crippen molar-refractivity contribution in [3.05, 3.63) is 47.7 Å². The van der Waals surface area contributed by atoms with E-state index in [0.717, 1.165) is 5.56 Å². The monoisotopic (exact) mass is 290 g/mol. The van der Waals surface area contributed by atoms with E-state index >= 15 is 0 Å². The maximum atomic E-state index is 11.8. The van der Waals surface area contributed by atoms with Crippen LogP contribution in [0, 0.1) is 0 Å². The van der Waals surface area contributed by atoms with Gasteiger partial charge in [0.2, 0.25) is 5.76 Å². The molecule has 0 N–H and O–H groups in total. The van der Waals surface area contributed by atoms with Gasteiger partial charge in [-0.2, -0.15) is 0 Å². The molecule has 1 aromatic rings. The van der Waals surface area contributed by atoms with Crippen LogP contribution < -0.4 is 0 Å². The van der Waals surface area contributed by atoms with Crippen molar-refractivity contribution in [3.63, 3.8) is 0 Å². The number of rotatable bonds is 4. The average Bonchev–Trinajstić information content (AvgIpc) is 3.00. The van der Waals surface area contributed by atoms with Gasteiger partial charge in [-0.05, 0) is 19.4 Å². The maximum absolute atomic E-state index is 11.8. The molecule has 1 fully saturated rings. The Kier molecular flexibility index (Phi) is 3.69. The Hall–Kier alpha value is -1.85. The molecule has 1 unspecified atom stereocenters. The summed E-state index contributed by atoms with van der Waals surface area (Å²) in [5.74, 6) is -0.861. The van der Waals surface area contributed by atoms with Crippen LogP contribution in [0.4, 0.5) is 0 Å². The molecule has 0 spiro atoms. The van der Waals surface area contributed by atoms with Gasteiger partial charge in [0.1, 0.15) is 12.7 Å². The molecule has 1 aromatic carbocycles. The molecule has 21 heavy (non-hydrogen) atoms. The Bertz CT molecular complexity index is 549. The lowest BCUT2D eigenvalue weighted by Gasteiger charge is -2.19. The molecule has 5 nitrogen and oxygen atoms in total. The zero-order valence-electron chi connectivity index (χ0n) is 12.1. The van der Waals surface area contributed by atoms with Crippen molar-refractivity contribution >= 4 is 5.97 Å². The second kappa shape index (κ2) is 5.50. The average molecular weight is 290 g/mol.